The Morgan fingerprint density at radius 3 is 2.83 bits per heavy atom. The van der Waals surface area contributed by atoms with Crippen LogP contribution in [0.4, 0.5) is 0 Å². The fourth-order valence-corrected chi connectivity index (χ4v) is 2.06. The number of H-pyrrole nitrogens is 1. The van der Waals surface area contributed by atoms with E-state index < -0.39 is 0 Å². The van der Waals surface area contributed by atoms with Crippen LogP contribution in [-0.2, 0) is 4.74 Å². The number of fused-ring (bicyclic) bond motifs is 1. The van der Waals surface area contributed by atoms with E-state index in [1.165, 1.54) is 6.33 Å². The molecule has 3 heterocycles. The molecule has 2 aromatic heterocycles. The number of aromatic nitrogens is 4. The highest BCUT2D eigenvalue weighted by Crippen LogP contribution is 2.29. The van der Waals surface area contributed by atoms with Crippen LogP contribution in [-0.4, -0.2) is 25.6 Å². The van der Waals surface area contributed by atoms with Crippen molar-refractivity contribution in [2.75, 3.05) is 0 Å². The molecule has 3 rings (SSSR count). The van der Waals surface area contributed by atoms with Gasteiger partial charge in [0.05, 0.1) is 18.8 Å². The molecule has 0 bridgehead atoms. The van der Waals surface area contributed by atoms with Crippen molar-refractivity contribution < 1.29 is 4.74 Å². The predicted molar refractivity (Wildman–Crippen MR) is 68.3 cm³/mol. The van der Waals surface area contributed by atoms with Gasteiger partial charge in [0, 0.05) is 0 Å². The van der Waals surface area contributed by atoms with Gasteiger partial charge in [-0.2, -0.15) is 0 Å². The van der Waals surface area contributed by atoms with E-state index in [9.17, 15) is 4.79 Å². The van der Waals surface area contributed by atoms with Crippen molar-refractivity contribution in [1.82, 2.24) is 19.5 Å². The molecular weight excluding hydrogens is 232 g/mol. The third kappa shape index (κ3) is 2.15. The lowest BCUT2D eigenvalue weighted by molar-refractivity contribution is 0.0131. The van der Waals surface area contributed by atoms with Crippen molar-refractivity contribution >= 4 is 11.2 Å². The van der Waals surface area contributed by atoms with Crippen molar-refractivity contribution in [1.29, 1.82) is 0 Å². The molecule has 1 N–H and O–H groups in total. The molecule has 0 spiro atoms. The molecule has 1 saturated heterocycles. The molecule has 2 aromatic rings. The molecule has 2 atom stereocenters. The van der Waals surface area contributed by atoms with E-state index in [2.05, 4.69) is 15.0 Å². The van der Waals surface area contributed by atoms with Gasteiger partial charge in [0.2, 0.25) is 0 Å². The van der Waals surface area contributed by atoms with E-state index in [4.69, 9.17) is 4.74 Å². The summed E-state index contributed by atoms with van der Waals surface area (Å²) < 4.78 is 7.55. The minimum absolute atomic E-state index is 0.0469. The van der Waals surface area contributed by atoms with Crippen LogP contribution < -0.4 is 5.56 Å². The van der Waals surface area contributed by atoms with E-state index in [-0.39, 0.29) is 17.9 Å². The van der Waals surface area contributed by atoms with Crippen molar-refractivity contribution in [3.05, 3.63) is 23.0 Å². The summed E-state index contributed by atoms with van der Waals surface area (Å²) in [6, 6.07) is 0. The first-order valence-electron chi connectivity index (χ1n) is 6.31. The van der Waals surface area contributed by atoms with Crippen LogP contribution in [0.3, 0.4) is 0 Å². The van der Waals surface area contributed by atoms with Gasteiger partial charge in [-0.15, -0.1) is 0 Å². The van der Waals surface area contributed by atoms with E-state index in [0.29, 0.717) is 11.2 Å². The highest BCUT2D eigenvalue weighted by atomic mass is 16.5. The van der Waals surface area contributed by atoms with E-state index in [1.54, 1.807) is 6.33 Å². The summed E-state index contributed by atoms with van der Waals surface area (Å²) in [6.45, 7) is 6.04. The predicted octanol–water partition coefficient (Wildman–Crippen LogP) is 1.84. The molecule has 1 aliphatic rings. The first-order valence-corrected chi connectivity index (χ1v) is 6.31. The summed E-state index contributed by atoms with van der Waals surface area (Å²) in [5, 5.41) is 0. The van der Waals surface area contributed by atoms with Gasteiger partial charge in [0.15, 0.2) is 11.2 Å². The van der Waals surface area contributed by atoms with Crippen molar-refractivity contribution in [3.63, 3.8) is 0 Å². The number of hydrogen-bond donors (Lipinski definition) is 1. The second kappa shape index (κ2) is 5.30. The maximum atomic E-state index is 11.5. The lowest BCUT2D eigenvalue weighted by atomic mass is 10.2. The molecule has 2 unspecified atom stereocenters. The Hall–Kier alpha value is -1.69. The smallest absolute Gasteiger partial charge is 0.278 e. The van der Waals surface area contributed by atoms with Gasteiger partial charge < -0.3 is 9.72 Å². The Labute approximate surface area is 105 Å². The van der Waals surface area contributed by atoms with Gasteiger partial charge in [-0.3, -0.25) is 9.36 Å². The SMILES string of the molecule is CC.CC1CCC(n2cnc3c(=O)[nH]cnc32)O1. The first-order chi connectivity index (χ1) is 8.75. The molecule has 0 radical (unpaired) electrons. The Bertz CT molecular complexity index is 575. The average Bonchev–Trinajstić information content (AvgIpc) is 2.98. The van der Waals surface area contributed by atoms with Crippen molar-refractivity contribution in [3.8, 4) is 0 Å². The molecule has 0 aromatic carbocycles. The second-order valence-electron chi connectivity index (χ2n) is 4.03. The maximum absolute atomic E-state index is 11.5. The minimum Gasteiger partial charge on any atom is -0.355 e. The zero-order valence-electron chi connectivity index (χ0n) is 10.9. The minimum atomic E-state index is -0.213. The van der Waals surface area contributed by atoms with Gasteiger partial charge in [-0.05, 0) is 19.8 Å². The van der Waals surface area contributed by atoms with Crippen LogP contribution in [0.25, 0.3) is 11.2 Å². The monoisotopic (exact) mass is 250 g/mol. The van der Waals surface area contributed by atoms with Crippen molar-refractivity contribution in [2.45, 2.75) is 45.9 Å². The topological polar surface area (TPSA) is 72.8 Å². The highest BCUT2D eigenvalue weighted by molar-refractivity contribution is 5.68. The molecule has 1 fully saturated rings. The Morgan fingerprint density at radius 2 is 2.17 bits per heavy atom. The molecule has 1 aliphatic heterocycles. The maximum Gasteiger partial charge on any atom is 0.278 e. The molecular formula is C12H18N4O2. The van der Waals surface area contributed by atoms with Gasteiger partial charge in [0.25, 0.3) is 5.56 Å². The third-order valence-corrected chi connectivity index (χ3v) is 2.88. The van der Waals surface area contributed by atoms with Gasteiger partial charge in [-0.1, -0.05) is 13.8 Å². The number of hydrogen-bond acceptors (Lipinski definition) is 4. The lowest BCUT2D eigenvalue weighted by Crippen LogP contribution is -2.11. The number of nitrogens with one attached hydrogen (secondary N) is 1. The van der Waals surface area contributed by atoms with Crippen LogP contribution in [0, 0.1) is 0 Å². The second-order valence-corrected chi connectivity index (χ2v) is 4.03. The molecule has 0 amide bonds. The summed E-state index contributed by atoms with van der Waals surface area (Å²) in [5.41, 5.74) is 0.739. The summed E-state index contributed by atoms with van der Waals surface area (Å²) >= 11 is 0. The summed E-state index contributed by atoms with van der Waals surface area (Å²) in [7, 11) is 0. The Balaban J connectivity index is 0.000000574. The summed E-state index contributed by atoms with van der Waals surface area (Å²) in [4.78, 5) is 22.2. The van der Waals surface area contributed by atoms with E-state index >= 15 is 0 Å². The van der Waals surface area contributed by atoms with Gasteiger partial charge >= 0.3 is 0 Å². The van der Waals surface area contributed by atoms with E-state index in [0.717, 1.165) is 12.8 Å². The largest absolute Gasteiger partial charge is 0.355 e. The highest BCUT2D eigenvalue weighted by Gasteiger charge is 2.25. The quantitative estimate of drug-likeness (QED) is 0.838. The fraction of sp³-hybridized carbons (Fsp3) is 0.583. The van der Waals surface area contributed by atoms with Crippen LogP contribution in [0.1, 0.15) is 39.8 Å². The molecule has 98 valence electrons. The normalized spacial score (nSPS) is 22.8. The molecule has 6 nitrogen and oxygen atoms in total. The number of ether oxygens (including phenoxy) is 1. The zero-order valence-corrected chi connectivity index (χ0v) is 10.9. The number of rotatable bonds is 1. The van der Waals surface area contributed by atoms with Crippen molar-refractivity contribution in [2.24, 2.45) is 0 Å². The van der Waals surface area contributed by atoms with Crippen LogP contribution in [0.5, 0.6) is 0 Å². The molecule has 0 saturated carbocycles. The molecule has 0 aliphatic carbocycles. The van der Waals surface area contributed by atoms with Crippen LogP contribution in [0.2, 0.25) is 0 Å². The number of nitrogens with zero attached hydrogens (tertiary/aromatic N) is 3. The first kappa shape index (κ1) is 12.8. The lowest BCUT2D eigenvalue weighted by Gasteiger charge is -2.12. The number of aromatic amines is 1. The summed E-state index contributed by atoms with van der Waals surface area (Å²) in [6.07, 6.45) is 5.17. The van der Waals surface area contributed by atoms with Gasteiger partial charge in [-0.25, -0.2) is 9.97 Å². The Kier molecular flexibility index (Phi) is 3.76. The fourth-order valence-electron chi connectivity index (χ4n) is 2.06. The van der Waals surface area contributed by atoms with Crippen LogP contribution in [0.15, 0.2) is 17.4 Å². The Morgan fingerprint density at radius 1 is 1.39 bits per heavy atom. The van der Waals surface area contributed by atoms with Gasteiger partial charge in [0.1, 0.15) is 6.23 Å². The third-order valence-electron chi connectivity index (χ3n) is 2.88. The molecule has 6 heteroatoms. The van der Waals surface area contributed by atoms with Crippen LogP contribution >= 0.6 is 0 Å². The standard InChI is InChI=1S/C10H12N4O2.C2H6/c1-6-2-3-7(16-6)14-5-13-8-9(14)11-4-12-10(8)15;1-2/h4-7H,2-3H2,1H3,(H,11,12,15);1-2H3. The average molecular weight is 250 g/mol. The number of imidazole rings is 1. The summed E-state index contributed by atoms with van der Waals surface area (Å²) in [5.74, 6) is 0. The zero-order chi connectivity index (χ0) is 13.1. The molecule has 18 heavy (non-hydrogen) atoms. The van der Waals surface area contributed by atoms with E-state index in [1.807, 2.05) is 25.3 Å².